The molecule has 2 nitrogen and oxygen atoms in total. The SMILES string of the molecule is C=NC(Cl)=NC(F)(F)F. The Hall–Kier alpha value is -0.580. The second kappa shape index (κ2) is 2.82. The highest BCUT2D eigenvalue weighted by Gasteiger charge is 2.26. The second-order valence-electron chi connectivity index (χ2n) is 1.01. The van der Waals surface area contributed by atoms with E-state index in [9.17, 15) is 13.2 Å². The van der Waals surface area contributed by atoms with Crippen LogP contribution in [0.2, 0.25) is 0 Å². The molecule has 52 valence electrons. The molecule has 0 unspecified atom stereocenters. The van der Waals surface area contributed by atoms with Gasteiger partial charge in [-0.3, -0.25) is 0 Å². The molecule has 0 saturated carbocycles. The van der Waals surface area contributed by atoms with Crippen LogP contribution < -0.4 is 0 Å². The molecule has 0 aliphatic rings. The molecule has 0 aliphatic carbocycles. The lowest BCUT2D eigenvalue weighted by molar-refractivity contribution is -0.119. The minimum absolute atomic E-state index is 0.900. The highest BCUT2D eigenvalue weighted by molar-refractivity contribution is 6.65. The van der Waals surface area contributed by atoms with Crippen LogP contribution in [0.15, 0.2) is 9.98 Å². The van der Waals surface area contributed by atoms with E-state index in [1.54, 1.807) is 0 Å². The topological polar surface area (TPSA) is 24.7 Å². The molecule has 9 heavy (non-hydrogen) atoms. The number of rotatable bonds is 0. The number of hydrogen-bond acceptors (Lipinski definition) is 1. The van der Waals surface area contributed by atoms with E-state index in [1.165, 1.54) is 0 Å². The molecule has 0 fully saturated rings. The second-order valence-corrected chi connectivity index (χ2v) is 1.34. The quantitative estimate of drug-likeness (QED) is 0.292. The molecule has 0 aliphatic heterocycles. The van der Waals surface area contributed by atoms with Crippen LogP contribution in [0.1, 0.15) is 0 Å². The zero-order chi connectivity index (χ0) is 7.49. The monoisotopic (exact) mass is 158 g/mol. The Kier molecular flexibility index (Phi) is 2.64. The van der Waals surface area contributed by atoms with Gasteiger partial charge in [-0.05, 0) is 18.3 Å². The van der Waals surface area contributed by atoms with E-state index in [2.05, 4.69) is 11.7 Å². The summed E-state index contributed by atoms with van der Waals surface area (Å²) in [6.07, 6.45) is -4.65. The van der Waals surface area contributed by atoms with Gasteiger partial charge in [0.25, 0.3) is 0 Å². The summed E-state index contributed by atoms with van der Waals surface area (Å²) in [5.41, 5.74) is 0. The Labute approximate surface area is 54.1 Å². The number of halogens is 4. The molecule has 6 heteroatoms. The van der Waals surface area contributed by atoms with Gasteiger partial charge in [0.2, 0.25) is 5.29 Å². The number of nitrogens with zero attached hydrogens (tertiary/aromatic N) is 2. The Bertz CT molecular complexity index is 138. The maximum atomic E-state index is 11.1. The van der Waals surface area contributed by atoms with Crippen molar-refractivity contribution in [2.24, 2.45) is 9.98 Å². The Morgan fingerprint density at radius 3 is 2.00 bits per heavy atom. The Morgan fingerprint density at radius 2 is 1.89 bits per heavy atom. The zero-order valence-corrected chi connectivity index (χ0v) is 4.87. The van der Waals surface area contributed by atoms with Crippen LogP contribution in [-0.4, -0.2) is 18.3 Å². The summed E-state index contributed by atoms with van der Waals surface area (Å²) in [6.45, 7) is 2.73. The molecule has 0 aromatic carbocycles. The summed E-state index contributed by atoms with van der Waals surface area (Å²) in [6, 6.07) is 0. The summed E-state index contributed by atoms with van der Waals surface area (Å²) in [7, 11) is 0. The number of alkyl halides is 3. The molecular formula is C3H2ClF3N2. The fraction of sp³-hybridized carbons (Fsp3) is 0.333. The van der Waals surface area contributed by atoms with E-state index in [1.807, 2.05) is 4.99 Å². The van der Waals surface area contributed by atoms with E-state index in [4.69, 9.17) is 11.6 Å². The Balaban J connectivity index is 4.11. The number of hydrogen-bond donors (Lipinski definition) is 0. The minimum Gasteiger partial charge on any atom is -0.235 e. The van der Waals surface area contributed by atoms with E-state index in [0.717, 1.165) is 0 Å². The van der Waals surface area contributed by atoms with Crippen LogP contribution in [0.3, 0.4) is 0 Å². The van der Waals surface area contributed by atoms with Gasteiger partial charge in [-0.25, -0.2) is 4.99 Å². The van der Waals surface area contributed by atoms with Crippen LogP contribution in [0.5, 0.6) is 0 Å². The third-order valence-electron chi connectivity index (χ3n) is 0.350. The van der Waals surface area contributed by atoms with Gasteiger partial charge in [-0.1, -0.05) is 0 Å². The van der Waals surface area contributed by atoms with E-state index >= 15 is 0 Å². The van der Waals surface area contributed by atoms with E-state index in [0.29, 0.717) is 0 Å². The normalized spacial score (nSPS) is 13.6. The average molecular weight is 159 g/mol. The fourth-order valence-electron chi connectivity index (χ4n) is 0.140. The Morgan fingerprint density at radius 1 is 1.44 bits per heavy atom. The fourth-order valence-corrected chi connectivity index (χ4v) is 0.236. The van der Waals surface area contributed by atoms with Crippen molar-refractivity contribution in [2.45, 2.75) is 6.30 Å². The molecular weight excluding hydrogens is 156 g/mol. The van der Waals surface area contributed by atoms with Gasteiger partial charge in [-0.15, -0.1) is 13.2 Å². The molecule has 0 saturated heterocycles. The molecule has 0 N–H and O–H groups in total. The smallest absolute Gasteiger partial charge is 0.235 e. The van der Waals surface area contributed by atoms with Crippen molar-refractivity contribution >= 4 is 23.6 Å². The van der Waals surface area contributed by atoms with Crippen molar-refractivity contribution in [2.75, 3.05) is 0 Å². The number of amidine groups is 1. The third-order valence-corrected chi connectivity index (χ3v) is 0.554. The van der Waals surface area contributed by atoms with Gasteiger partial charge < -0.3 is 0 Å². The van der Waals surface area contributed by atoms with Crippen LogP contribution in [0.25, 0.3) is 0 Å². The molecule has 0 bridgehead atoms. The van der Waals surface area contributed by atoms with Crippen molar-refractivity contribution in [3.8, 4) is 0 Å². The standard InChI is InChI=1S/C3H2ClF3N2/c1-8-2(4)9-3(5,6)7/h1H2. The van der Waals surface area contributed by atoms with E-state index < -0.39 is 11.6 Å². The summed E-state index contributed by atoms with van der Waals surface area (Å²) >= 11 is 4.75. The highest BCUT2D eigenvalue weighted by atomic mass is 35.5. The van der Waals surface area contributed by atoms with Crippen LogP contribution >= 0.6 is 11.6 Å². The minimum atomic E-state index is -4.65. The summed E-state index contributed by atoms with van der Waals surface area (Å²) in [5, 5.41) is -0.900. The van der Waals surface area contributed by atoms with Gasteiger partial charge in [0.05, 0.1) is 0 Å². The predicted molar refractivity (Wildman–Crippen MR) is 28.9 cm³/mol. The average Bonchev–Trinajstić information content (AvgIpc) is 1.62. The largest absolute Gasteiger partial charge is 0.505 e. The first-order valence-electron chi connectivity index (χ1n) is 1.74. The molecule has 0 aromatic heterocycles. The highest BCUT2D eigenvalue weighted by Crippen LogP contribution is 2.16. The molecule has 0 atom stereocenters. The van der Waals surface area contributed by atoms with Crippen molar-refractivity contribution < 1.29 is 13.2 Å². The van der Waals surface area contributed by atoms with Crippen molar-refractivity contribution in [3.05, 3.63) is 0 Å². The molecule has 0 aromatic rings. The predicted octanol–water partition coefficient (Wildman–Crippen LogP) is 1.80. The van der Waals surface area contributed by atoms with E-state index in [-0.39, 0.29) is 0 Å². The zero-order valence-electron chi connectivity index (χ0n) is 4.11. The maximum absolute atomic E-state index is 11.1. The third kappa shape index (κ3) is 5.29. The molecule has 0 rings (SSSR count). The van der Waals surface area contributed by atoms with Crippen LogP contribution in [0, 0.1) is 0 Å². The van der Waals surface area contributed by atoms with Gasteiger partial charge in [0.15, 0.2) is 0 Å². The molecule has 0 spiro atoms. The van der Waals surface area contributed by atoms with Gasteiger partial charge in [-0.2, -0.15) is 4.99 Å². The van der Waals surface area contributed by atoms with Gasteiger partial charge >= 0.3 is 6.30 Å². The van der Waals surface area contributed by atoms with Crippen LogP contribution in [0.4, 0.5) is 13.2 Å². The van der Waals surface area contributed by atoms with Crippen molar-refractivity contribution in [1.29, 1.82) is 0 Å². The first kappa shape index (κ1) is 8.42. The van der Waals surface area contributed by atoms with Gasteiger partial charge in [0, 0.05) is 0 Å². The lowest BCUT2D eigenvalue weighted by Crippen LogP contribution is -2.03. The lowest BCUT2D eigenvalue weighted by Gasteiger charge is -1.95. The summed E-state index contributed by atoms with van der Waals surface area (Å²) < 4.78 is 33.4. The van der Waals surface area contributed by atoms with Crippen molar-refractivity contribution in [3.63, 3.8) is 0 Å². The van der Waals surface area contributed by atoms with Crippen molar-refractivity contribution in [1.82, 2.24) is 0 Å². The molecule has 0 amide bonds. The summed E-state index contributed by atoms with van der Waals surface area (Å²) in [4.78, 5) is 4.70. The lowest BCUT2D eigenvalue weighted by atomic mass is 11.1. The first-order chi connectivity index (χ1) is 3.95. The molecule has 0 heterocycles. The van der Waals surface area contributed by atoms with Crippen LogP contribution in [-0.2, 0) is 0 Å². The maximum Gasteiger partial charge on any atom is 0.505 e. The first-order valence-corrected chi connectivity index (χ1v) is 2.12. The van der Waals surface area contributed by atoms with Gasteiger partial charge in [0.1, 0.15) is 0 Å². The molecule has 0 radical (unpaired) electrons. The summed E-state index contributed by atoms with van der Waals surface area (Å²) in [5.74, 6) is 0. The number of aliphatic imine (C=N–C) groups is 2.